The molecule has 0 aliphatic heterocycles. The normalized spacial score (nSPS) is 9.56. The van der Waals surface area contributed by atoms with Crippen molar-refractivity contribution in [1.29, 1.82) is 0 Å². The van der Waals surface area contributed by atoms with Crippen LogP contribution in [0.5, 0.6) is 0 Å². The lowest BCUT2D eigenvalue weighted by molar-refractivity contribution is 0.0691. The van der Waals surface area contributed by atoms with E-state index in [-0.39, 0.29) is 0 Å². The van der Waals surface area contributed by atoms with Crippen LogP contribution in [-0.2, 0) is 4.74 Å². The largest absolute Gasteiger partial charge is 0.369 e. The highest BCUT2D eigenvalue weighted by atomic mass is 16.5. The van der Waals surface area contributed by atoms with Crippen molar-refractivity contribution < 1.29 is 9.53 Å². The van der Waals surface area contributed by atoms with Crippen LogP contribution in [0.3, 0.4) is 0 Å². The van der Waals surface area contributed by atoms with Gasteiger partial charge in [0, 0.05) is 0 Å². The first-order chi connectivity index (χ1) is 8.70. The number of terminal acetylenes is 1. The molecule has 0 unspecified atom stereocenters. The van der Waals surface area contributed by atoms with Gasteiger partial charge in [-0.05, 0) is 30.2 Å². The third kappa shape index (κ3) is 2.58. The smallest absolute Gasteiger partial charge is 0.352 e. The third-order valence-electron chi connectivity index (χ3n) is 2.62. The first-order valence-electron chi connectivity index (χ1n) is 5.54. The number of carbonyl (C=O) groups excluding carboxylic acids is 1. The second kappa shape index (κ2) is 5.20. The van der Waals surface area contributed by atoms with Gasteiger partial charge in [-0.1, -0.05) is 48.4 Å². The Morgan fingerprint density at radius 2 is 1.83 bits per heavy atom. The van der Waals surface area contributed by atoms with Crippen molar-refractivity contribution >= 4 is 5.97 Å². The monoisotopic (exact) mass is 236 g/mol. The summed E-state index contributed by atoms with van der Waals surface area (Å²) < 4.78 is 4.48. The zero-order valence-electron chi connectivity index (χ0n) is 10.0. The molecule has 2 heteroatoms. The van der Waals surface area contributed by atoms with Gasteiger partial charge >= 0.3 is 5.97 Å². The van der Waals surface area contributed by atoms with Gasteiger partial charge in [0.25, 0.3) is 0 Å². The number of hydrogen-bond donors (Lipinski definition) is 0. The highest BCUT2D eigenvalue weighted by Crippen LogP contribution is 2.20. The Hall–Kier alpha value is -2.53. The molecule has 0 N–H and O–H groups in total. The zero-order chi connectivity index (χ0) is 13.0. The number of rotatable bonds is 2. The van der Waals surface area contributed by atoms with E-state index in [1.807, 2.05) is 43.4 Å². The summed E-state index contributed by atoms with van der Waals surface area (Å²) in [6.07, 6.45) is 6.78. The molecule has 0 aromatic heterocycles. The molecule has 0 saturated heterocycles. The Morgan fingerprint density at radius 3 is 2.44 bits per heavy atom. The highest BCUT2D eigenvalue weighted by Gasteiger charge is 2.06. The Bertz CT molecular complexity index is 604. The summed E-state index contributed by atoms with van der Waals surface area (Å²) in [4.78, 5) is 11.4. The maximum atomic E-state index is 11.4. The van der Waals surface area contributed by atoms with Crippen molar-refractivity contribution in [1.82, 2.24) is 0 Å². The Morgan fingerprint density at radius 1 is 1.11 bits per heavy atom. The summed E-state index contributed by atoms with van der Waals surface area (Å²) in [7, 11) is 0. The van der Waals surface area contributed by atoms with E-state index < -0.39 is 5.97 Å². The number of aryl methyl sites for hydroxylation is 1. The molecule has 18 heavy (non-hydrogen) atoms. The first-order valence-corrected chi connectivity index (χ1v) is 5.54. The zero-order valence-corrected chi connectivity index (χ0v) is 10.0. The van der Waals surface area contributed by atoms with E-state index in [4.69, 9.17) is 6.42 Å². The Kier molecular flexibility index (Phi) is 3.45. The lowest BCUT2D eigenvalue weighted by atomic mass is 10.0. The highest BCUT2D eigenvalue weighted by molar-refractivity contribution is 5.90. The molecule has 0 bridgehead atoms. The molecule has 0 radical (unpaired) electrons. The van der Waals surface area contributed by atoms with Gasteiger partial charge in [0.15, 0.2) is 0 Å². The van der Waals surface area contributed by atoms with E-state index in [9.17, 15) is 4.79 Å². The molecule has 0 fully saturated rings. The van der Waals surface area contributed by atoms with Gasteiger partial charge in [0.2, 0.25) is 0 Å². The van der Waals surface area contributed by atoms with Crippen LogP contribution in [0.25, 0.3) is 11.1 Å². The fourth-order valence-electron chi connectivity index (χ4n) is 1.74. The van der Waals surface area contributed by atoms with E-state index in [2.05, 4.69) is 10.8 Å². The van der Waals surface area contributed by atoms with E-state index in [0.717, 1.165) is 11.1 Å². The summed E-state index contributed by atoms with van der Waals surface area (Å²) in [5, 5.41) is 0. The van der Waals surface area contributed by atoms with Crippen LogP contribution in [0.4, 0.5) is 0 Å². The van der Waals surface area contributed by atoms with Crippen LogP contribution < -0.4 is 0 Å². The number of carbonyl (C=O) groups is 1. The fourth-order valence-corrected chi connectivity index (χ4v) is 1.74. The van der Waals surface area contributed by atoms with Crippen LogP contribution in [0, 0.1) is 19.5 Å². The molecule has 0 saturated carbocycles. The van der Waals surface area contributed by atoms with E-state index in [0.29, 0.717) is 5.56 Å². The molecule has 2 aromatic carbocycles. The van der Waals surface area contributed by atoms with Crippen molar-refractivity contribution in [2.45, 2.75) is 6.92 Å². The fraction of sp³-hybridized carbons (Fsp3) is 0.0625. The molecule has 0 amide bonds. The molecule has 0 atom stereocenters. The Labute approximate surface area is 106 Å². The van der Waals surface area contributed by atoms with Gasteiger partial charge in [-0.25, -0.2) is 4.79 Å². The summed E-state index contributed by atoms with van der Waals surface area (Å²) in [5.74, 6) is -0.506. The predicted octanol–water partition coefficient (Wildman–Crippen LogP) is 3.41. The molecule has 0 spiro atoms. The molecule has 2 rings (SSSR count). The predicted molar refractivity (Wildman–Crippen MR) is 70.9 cm³/mol. The quantitative estimate of drug-likeness (QED) is 0.590. The minimum Gasteiger partial charge on any atom is -0.369 e. The number of esters is 1. The molecule has 88 valence electrons. The number of benzene rings is 2. The van der Waals surface area contributed by atoms with Gasteiger partial charge in [-0.2, -0.15) is 0 Å². The van der Waals surface area contributed by atoms with Crippen molar-refractivity contribution in [3.8, 4) is 23.7 Å². The summed E-state index contributed by atoms with van der Waals surface area (Å²) in [6, 6.07) is 15.3. The lowest BCUT2D eigenvalue weighted by Gasteiger charge is -2.04. The number of ether oxygens (including phenoxy) is 1. The molecule has 2 aromatic rings. The second-order valence-corrected chi connectivity index (χ2v) is 3.95. The maximum Gasteiger partial charge on any atom is 0.352 e. The summed E-state index contributed by atoms with van der Waals surface area (Å²) in [6.45, 7) is 2.04. The average molecular weight is 236 g/mol. The minimum absolute atomic E-state index is 0.448. The molecule has 2 nitrogen and oxygen atoms in total. The first kappa shape index (κ1) is 11.9. The maximum absolute atomic E-state index is 11.4. The average Bonchev–Trinajstić information content (AvgIpc) is 2.39. The lowest BCUT2D eigenvalue weighted by Crippen LogP contribution is -1.99. The SMILES string of the molecule is C#COC(=O)c1ccc(-c2cccc(C)c2)cc1. The standard InChI is InChI=1S/C16H12O2/c1-3-18-16(17)14-9-7-13(8-10-14)15-6-4-5-12(2)11-15/h1,4-11H,2H3. The minimum atomic E-state index is -0.506. The molecule has 0 aliphatic rings. The van der Waals surface area contributed by atoms with Gasteiger partial charge in [0.1, 0.15) is 6.11 Å². The molecule has 0 aliphatic carbocycles. The van der Waals surface area contributed by atoms with Crippen LogP contribution in [-0.4, -0.2) is 5.97 Å². The van der Waals surface area contributed by atoms with Gasteiger partial charge in [-0.3, -0.25) is 0 Å². The van der Waals surface area contributed by atoms with Gasteiger partial charge in [0.05, 0.1) is 5.56 Å². The van der Waals surface area contributed by atoms with Crippen molar-refractivity contribution in [3.05, 3.63) is 59.7 Å². The van der Waals surface area contributed by atoms with Crippen molar-refractivity contribution in [2.75, 3.05) is 0 Å². The van der Waals surface area contributed by atoms with Gasteiger partial charge in [-0.15, -0.1) is 0 Å². The van der Waals surface area contributed by atoms with E-state index in [1.165, 1.54) is 5.56 Å². The Balaban J connectivity index is 2.28. The van der Waals surface area contributed by atoms with Crippen molar-refractivity contribution in [2.24, 2.45) is 0 Å². The third-order valence-corrected chi connectivity index (χ3v) is 2.62. The van der Waals surface area contributed by atoms with Crippen LogP contribution in [0.2, 0.25) is 0 Å². The van der Waals surface area contributed by atoms with Crippen molar-refractivity contribution in [3.63, 3.8) is 0 Å². The molecular weight excluding hydrogens is 224 g/mol. The van der Waals surface area contributed by atoms with Crippen LogP contribution in [0.15, 0.2) is 48.5 Å². The molecule has 0 heterocycles. The van der Waals surface area contributed by atoms with Gasteiger partial charge < -0.3 is 4.74 Å². The van der Waals surface area contributed by atoms with Crippen LogP contribution in [0.1, 0.15) is 15.9 Å². The molecular formula is C16H12O2. The van der Waals surface area contributed by atoms with E-state index >= 15 is 0 Å². The summed E-state index contributed by atoms with van der Waals surface area (Å²) >= 11 is 0. The van der Waals surface area contributed by atoms with E-state index in [1.54, 1.807) is 12.1 Å². The number of hydrogen-bond acceptors (Lipinski definition) is 2. The second-order valence-electron chi connectivity index (χ2n) is 3.95. The summed E-state index contributed by atoms with van der Waals surface area (Å²) in [5.41, 5.74) is 3.82. The van der Waals surface area contributed by atoms with Crippen LogP contribution >= 0.6 is 0 Å². The topological polar surface area (TPSA) is 26.3 Å².